The van der Waals surface area contributed by atoms with E-state index in [2.05, 4.69) is 34.4 Å². The minimum absolute atomic E-state index is 0.279. The van der Waals surface area contributed by atoms with Crippen LogP contribution in [0.3, 0.4) is 0 Å². The highest BCUT2D eigenvalue weighted by Gasteiger charge is 2.12. The highest BCUT2D eigenvalue weighted by atomic mass is 35.5. The van der Waals surface area contributed by atoms with Crippen LogP contribution in [-0.2, 0) is 0 Å². The number of anilines is 2. The number of halogens is 1. The van der Waals surface area contributed by atoms with Crippen LogP contribution >= 0.6 is 11.6 Å². The molecular formula is C16H19ClN4O. The van der Waals surface area contributed by atoms with Gasteiger partial charge in [0.05, 0.1) is 0 Å². The van der Waals surface area contributed by atoms with E-state index in [1.54, 1.807) is 24.3 Å². The van der Waals surface area contributed by atoms with E-state index in [-0.39, 0.29) is 11.9 Å². The zero-order chi connectivity index (χ0) is 16.1. The third-order valence-corrected chi connectivity index (χ3v) is 3.83. The number of nitrogens with zero attached hydrogens (tertiary/aromatic N) is 2. The predicted molar refractivity (Wildman–Crippen MR) is 89.5 cm³/mol. The lowest BCUT2D eigenvalue weighted by Crippen LogP contribution is -2.18. The van der Waals surface area contributed by atoms with Crippen LogP contribution in [0.2, 0.25) is 5.02 Å². The molecule has 1 unspecified atom stereocenters. The standard InChI is InChI=1S/C16H19ClN4O/c1-4-10(2)20-15-8-14(18-9-19-15)16(22)21-13-7-5-6-12(17)11(13)3/h5-10H,4H2,1-3H3,(H,21,22)(H,18,19,20). The lowest BCUT2D eigenvalue weighted by atomic mass is 10.2. The summed E-state index contributed by atoms with van der Waals surface area (Å²) in [5.41, 5.74) is 1.80. The Morgan fingerprint density at radius 2 is 2.14 bits per heavy atom. The van der Waals surface area contributed by atoms with E-state index in [1.807, 2.05) is 6.92 Å². The van der Waals surface area contributed by atoms with Crippen LogP contribution in [0, 0.1) is 6.92 Å². The molecule has 1 aromatic heterocycles. The second-order valence-electron chi connectivity index (χ2n) is 5.11. The Hall–Kier alpha value is -2.14. The van der Waals surface area contributed by atoms with E-state index >= 15 is 0 Å². The summed E-state index contributed by atoms with van der Waals surface area (Å²) in [6, 6.07) is 7.30. The van der Waals surface area contributed by atoms with Gasteiger partial charge >= 0.3 is 0 Å². The second kappa shape index (κ2) is 7.22. The minimum Gasteiger partial charge on any atom is -0.368 e. The van der Waals surface area contributed by atoms with Crippen molar-refractivity contribution in [3.05, 3.63) is 46.9 Å². The van der Waals surface area contributed by atoms with Gasteiger partial charge < -0.3 is 10.6 Å². The van der Waals surface area contributed by atoms with Gasteiger partial charge in [0.2, 0.25) is 0 Å². The molecule has 6 heteroatoms. The van der Waals surface area contributed by atoms with Gasteiger partial charge in [-0.2, -0.15) is 0 Å². The van der Waals surface area contributed by atoms with Crippen molar-refractivity contribution in [3.63, 3.8) is 0 Å². The molecule has 0 radical (unpaired) electrons. The topological polar surface area (TPSA) is 66.9 Å². The van der Waals surface area contributed by atoms with Crippen LogP contribution in [0.1, 0.15) is 36.3 Å². The van der Waals surface area contributed by atoms with Gasteiger partial charge in [0, 0.05) is 22.8 Å². The molecule has 22 heavy (non-hydrogen) atoms. The number of hydrogen-bond acceptors (Lipinski definition) is 4. The number of benzene rings is 1. The van der Waals surface area contributed by atoms with Gasteiger partial charge in [-0.15, -0.1) is 0 Å². The average Bonchev–Trinajstić information content (AvgIpc) is 2.52. The Morgan fingerprint density at radius 1 is 1.36 bits per heavy atom. The monoisotopic (exact) mass is 318 g/mol. The van der Waals surface area contributed by atoms with Gasteiger partial charge in [-0.05, 0) is 38.0 Å². The summed E-state index contributed by atoms with van der Waals surface area (Å²) in [5, 5.41) is 6.65. The van der Waals surface area contributed by atoms with Gasteiger partial charge in [-0.3, -0.25) is 4.79 Å². The maximum atomic E-state index is 12.3. The van der Waals surface area contributed by atoms with E-state index in [9.17, 15) is 4.79 Å². The van der Waals surface area contributed by atoms with Gasteiger partial charge in [-0.1, -0.05) is 24.6 Å². The molecule has 116 valence electrons. The van der Waals surface area contributed by atoms with Crippen LogP contribution in [0.5, 0.6) is 0 Å². The molecule has 0 saturated heterocycles. The first-order chi connectivity index (χ1) is 10.5. The summed E-state index contributed by atoms with van der Waals surface area (Å²) in [4.78, 5) is 20.5. The lowest BCUT2D eigenvalue weighted by Gasteiger charge is -2.13. The first-order valence-electron chi connectivity index (χ1n) is 7.16. The van der Waals surface area contributed by atoms with E-state index < -0.39 is 0 Å². The largest absolute Gasteiger partial charge is 0.368 e. The highest BCUT2D eigenvalue weighted by molar-refractivity contribution is 6.31. The van der Waals surface area contributed by atoms with Crippen molar-refractivity contribution >= 4 is 29.0 Å². The molecule has 1 amide bonds. The van der Waals surface area contributed by atoms with Crippen LogP contribution < -0.4 is 10.6 Å². The van der Waals surface area contributed by atoms with Gasteiger partial charge in [0.1, 0.15) is 17.8 Å². The molecule has 0 spiro atoms. The number of carbonyl (C=O) groups is 1. The molecule has 0 aliphatic carbocycles. The maximum absolute atomic E-state index is 12.3. The van der Waals surface area contributed by atoms with E-state index in [1.165, 1.54) is 6.33 Å². The summed E-state index contributed by atoms with van der Waals surface area (Å²) < 4.78 is 0. The molecule has 0 aliphatic rings. The van der Waals surface area contributed by atoms with Crippen LogP contribution in [0.4, 0.5) is 11.5 Å². The predicted octanol–water partition coefficient (Wildman–Crippen LogP) is 3.90. The van der Waals surface area contributed by atoms with Crippen LogP contribution in [-0.4, -0.2) is 21.9 Å². The summed E-state index contributed by atoms with van der Waals surface area (Å²) in [7, 11) is 0. The van der Waals surface area contributed by atoms with Crippen molar-refractivity contribution < 1.29 is 4.79 Å². The van der Waals surface area contributed by atoms with Crippen molar-refractivity contribution in [1.82, 2.24) is 9.97 Å². The number of aromatic nitrogens is 2. The minimum atomic E-state index is -0.292. The molecule has 0 aliphatic heterocycles. The molecule has 1 atom stereocenters. The van der Waals surface area contributed by atoms with Gasteiger partial charge in [-0.25, -0.2) is 9.97 Å². The molecule has 1 aromatic carbocycles. The fourth-order valence-corrected chi connectivity index (χ4v) is 2.02. The Kier molecular flexibility index (Phi) is 5.33. The number of hydrogen-bond donors (Lipinski definition) is 2. The number of amides is 1. The molecule has 1 heterocycles. The molecule has 5 nitrogen and oxygen atoms in total. The first-order valence-corrected chi connectivity index (χ1v) is 7.54. The summed E-state index contributed by atoms with van der Waals surface area (Å²) in [6.45, 7) is 5.99. The Bertz CT molecular complexity index is 675. The highest BCUT2D eigenvalue weighted by Crippen LogP contribution is 2.23. The Labute approximate surface area is 135 Å². The van der Waals surface area contributed by atoms with Crippen LogP contribution in [0.25, 0.3) is 0 Å². The number of carbonyl (C=O) groups excluding carboxylic acids is 1. The molecule has 0 bridgehead atoms. The quantitative estimate of drug-likeness (QED) is 0.877. The molecule has 0 saturated carbocycles. The Balaban J connectivity index is 2.16. The smallest absolute Gasteiger partial charge is 0.274 e. The van der Waals surface area contributed by atoms with E-state index in [0.29, 0.717) is 22.2 Å². The third-order valence-electron chi connectivity index (χ3n) is 3.42. The second-order valence-corrected chi connectivity index (χ2v) is 5.52. The summed E-state index contributed by atoms with van der Waals surface area (Å²) >= 11 is 6.05. The van der Waals surface area contributed by atoms with E-state index in [0.717, 1.165) is 12.0 Å². The first kappa shape index (κ1) is 16.2. The molecule has 2 N–H and O–H groups in total. The van der Waals surface area contributed by atoms with E-state index in [4.69, 9.17) is 11.6 Å². The molecule has 2 aromatic rings. The lowest BCUT2D eigenvalue weighted by molar-refractivity contribution is 0.102. The van der Waals surface area contributed by atoms with Crippen LogP contribution in [0.15, 0.2) is 30.6 Å². The van der Waals surface area contributed by atoms with Crippen molar-refractivity contribution in [2.75, 3.05) is 10.6 Å². The van der Waals surface area contributed by atoms with Crippen molar-refractivity contribution in [3.8, 4) is 0 Å². The normalized spacial score (nSPS) is 11.8. The zero-order valence-corrected chi connectivity index (χ0v) is 13.6. The molecule has 0 fully saturated rings. The average molecular weight is 319 g/mol. The summed E-state index contributed by atoms with van der Waals surface area (Å²) in [6.07, 6.45) is 2.34. The van der Waals surface area contributed by atoms with Gasteiger partial charge in [0.15, 0.2) is 0 Å². The maximum Gasteiger partial charge on any atom is 0.274 e. The van der Waals surface area contributed by atoms with Crippen molar-refractivity contribution in [2.45, 2.75) is 33.2 Å². The fourth-order valence-electron chi connectivity index (χ4n) is 1.84. The van der Waals surface area contributed by atoms with Crippen molar-refractivity contribution in [2.24, 2.45) is 0 Å². The van der Waals surface area contributed by atoms with Crippen molar-refractivity contribution in [1.29, 1.82) is 0 Å². The third kappa shape index (κ3) is 3.95. The molecule has 2 rings (SSSR count). The molecular weight excluding hydrogens is 300 g/mol. The fraction of sp³-hybridized carbons (Fsp3) is 0.312. The Morgan fingerprint density at radius 3 is 2.86 bits per heavy atom. The SMILES string of the molecule is CCC(C)Nc1cc(C(=O)Nc2cccc(Cl)c2C)ncn1. The van der Waals surface area contributed by atoms with Gasteiger partial charge in [0.25, 0.3) is 5.91 Å². The number of nitrogens with one attached hydrogen (secondary N) is 2. The number of rotatable bonds is 5. The zero-order valence-electron chi connectivity index (χ0n) is 12.9. The summed E-state index contributed by atoms with van der Waals surface area (Å²) in [5.74, 6) is 0.345.